The highest BCUT2D eigenvalue weighted by Crippen LogP contribution is 2.36. The Morgan fingerprint density at radius 2 is 1.31 bits per heavy atom. The lowest BCUT2D eigenvalue weighted by molar-refractivity contribution is -0.143. The molecule has 1 N–H and O–H groups in total. The molecule has 0 saturated heterocycles. The molecule has 4 nitrogen and oxygen atoms in total. The summed E-state index contributed by atoms with van der Waals surface area (Å²) in [5, 5.41) is 2.29. The van der Waals surface area contributed by atoms with Crippen LogP contribution in [0.15, 0.2) is 72.8 Å². The van der Waals surface area contributed by atoms with Crippen LogP contribution in [-0.2, 0) is 12.4 Å². The first-order valence-electron chi connectivity index (χ1n) is 10.6. The fourth-order valence-corrected chi connectivity index (χ4v) is 3.33. The summed E-state index contributed by atoms with van der Waals surface area (Å²) in [7, 11) is 0. The van der Waals surface area contributed by atoms with Gasteiger partial charge in [-0.2, -0.15) is 26.3 Å². The normalized spacial score (nSPS) is 11.8. The van der Waals surface area contributed by atoms with E-state index in [9.17, 15) is 40.3 Å². The van der Waals surface area contributed by atoms with Gasteiger partial charge in [0.05, 0.1) is 11.1 Å². The van der Waals surface area contributed by atoms with Crippen molar-refractivity contribution >= 4 is 17.5 Å². The molecule has 3 rings (SSSR count). The predicted octanol–water partition coefficient (Wildman–Crippen LogP) is 6.33. The third kappa shape index (κ3) is 6.83. The Morgan fingerprint density at radius 1 is 0.750 bits per heavy atom. The number of benzene rings is 3. The highest BCUT2D eigenvalue weighted by Gasteiger charge is 2.37. The third-order valence-corrected chi connectivity index (χ3v) is 5.10. The molecule has 0 atom stereocenters. The number of hydrogen-bond donors (Lipinski definition) is 1. The number of halogens is 7. The Labute approximate surface area is 201 Å². The quantitative estimate of drug-likeness (QED) is 0.297. The number of hydrogen-bond acceptors (Lipinski definition) is 2. The van der Waals surface area contributed by atoms with Crippen LogP contribution in [0, 0.1) is 5.82 Å². The predicted molar refractivity (Wildman–Crippen MR) is 118 cm³/mol. The van der Waals surface area contributed by atoms with Crippen LogP contribution in [0.3, 0.4) is 0 Å². The maximum atomic E-state index is 13.2. The largest absolute Gasteiger partial charge is 0.416 e. The van der Waals surface area contributed by atoms with E-state index >= 15 is 0 Å². The van der Waals surface area contributed by atoms with Gasteiger partial charge in [-0.25, -0.2) is 4.39 Å². The first-order chi connectivity index (χ1) is 16.9. The summed E-state index contributed by atoms with van der Waals surface area (Å²) < 4.78 is 91.4. The fraction of sp³-hybridized carbons (Fsp3) is 0.200. The van der Waals surface area contributed by atoms with Crippen LogP contribution in [0.2, 0.25) is 0 Å². The minimum Gasteiger partial charge on any atom is -0.352 e. The molecular formula is C25H19F7N2O2. The van der Waals surface area contributed by atoms with Gasteiger partial charge in [0.25, 0.3) is 11.8 Å². The molecule has 0 heterocycles. The van der Waals surface area contributed by atoms with Crippen LogP contribution in [0.5, 0.6) is 0 Å². The molecule has 2 amide bonds. The lowest BCUT2D eigenvalue weighted by atomic mass is 10.0. The lowest BCUT2D eigenvalue weighted by Gasteiger charge is -2.23. The molecule has 0 aliphatic heterocycles. The van der Waals surface area contributed by atoms with Crippen molar-refractivity contribution in [3.05, 3.63) is 101 Å². The summed E-state index contributed by atoms with van der Waals surface area (Å²) in [4.78, 5) is 26.7. The van der Waals surface area contributed by atoms with Crippen molar-refractivity contribution in [1.29, 1.82) is 0 Å². The monoisotopic (exact) mass is 512 g/mol. The van der Waals surface area contributed by atoms with Gasteiger partial charge in [-0.1, -0.05) is 18.2 Å². The van der Waals surface area contributed by atoms with Crippen molar-refractivity contribution in [1.82, 2.24) is 5.32 Å². The van der Waals surface area contributed by atoms with Gasteiger partial charge < -0.3 is 10.2 Å². The molecule has 0 saturated carbocycles. The van der Waals surface area contributed by atoms with E-state index in [2.05, 4.69) is 5.32 Å². The van der Waals surface area contributed by atoms with Crippen LogP contribution in [0.4, 0.5) is 36.4 Å². The van der Waals surface area contributed by atoms with E-state index in [1.165, 1.54) is 17.0 Å². The van der Waals surface area contributed by atoms with Crippen molar-refractivity contribution in [3.8, 4) is 0 Å². The average molecular weight is 512 g/mol. The Morgan fingerprint density at radius 3 is 1.83 bits per heavy atom. The zero-order valence-electron chi connectivity index (χ0n) is 18.5. The lowest BCUT2D eigenvalue weighted by Crippen LogP contribution is -2.34. The second kappa shape index (κ2) is 10.8. The van der Waals surface area contributed by atoms with Crippen LogP contribution in [-0.4, -0.2) is 24.9 Å². The highest BCUT2D eigenvalue weighted by molar-refractivity contribution is 6.06. The van der Waals surface area contributed by atoms with Crippen molar-refractivity contribution in [2.75, 3.05) is 18.0 Å². The highest BCUT2D eigenvalue weighted by atomic mass is 19.4. The molecule has 0 aliphatic carbocycles. The first-order valence-corrected chi connectivity index (χ1v) is 10.6. The standard InChI is InChI=1S/C25H19F7N2O2/c26-20-9-7-16(8-10-20)23(36)34(21-5-2-1-3-6-21)12-4-11-33-22(35)17-13-18(24(27,28)29)15-19(14-17)25(30,31)32/h1-3,5-10,13-15H,4,11-12H2,(H,33,35). The van der Waals surface area contributed by atoms with Crippen molar-refractivity contribution in [2.45, 2.75) is 18.8 Å². The molecule has 0 spiro atoms. The molecule has 0 aliphatic rings. The second-order valence-corrected chi connectivity index (χ2v) is 7.70. The summed E-state index contributed by atoms with van der Waals surface area (Å²) >= 11 is 0. The molecule has 0 aromatic heterocycles. The van der Waals surface area contributed by atoms with Gasteiger partial charge in [-0.15, -0.1) is 0 Å². The molecule has 0 fully saturated rings. The Kier molecular flexibility index (Phi) is 8.01. The zero-order chi connectivity index (χ0) is 26.5. The molecule has 3 aromatic carbocycles. The summed E-state index contributed by atoms with van der Waals surface area (Å²) in [5.41, 5.74) is -3.27. The number of amides is 2. The van der Waals surface area contributed by atoms with Crippen LogP contribution in [0.25, 0.3) is 0 Å². The minimum atomic E-state index is -5.08. The Bertz CT molecular complexity index is 1180. The summed E-state index contributed by atoms with van der Waals surface area (Å²) in [6.45, 7) is -0.0899. The van der Waals surface area contributed by atoms with E-state index in [0.717, 1.165) is 12.1 Å². The Balaban J connectivity index is 1.71. The number of carbonyl (C=O) groups is 2. The van der Waals surface area contributed by atoms with E-state index in [-0.39, 0.29) is 31.1 Å². The molecule has 11 heteroatoms. The molecule has 3 aromatic rings. The first kappa shape index (κ1) is 26.7. The number of carbonyl (C=O) groups excluding carboxylic acids is 2. The zero-order valence-corrected chi connectivity index (χ0v) is 18.5. The van der Waals surface area contributed by atoms with Crippen LogP contribution >= 0.6 is 0 Å². The molecule has 0 unspecified atom stereocenters. The summed E-state index contributed by atoms with van der Waals surface area (Å²) in [5.74, 6) is -2.10. The van der Waals surface area contributed by atoms with Gasteiger partial charge in [0.1, 0.15) is 5.82 Å². The number of nitrogens with zero attached hydrogens (tertiary/aromatic N) is 1. The van der Waals surface area contributed by atoms with Gasteiger partial charge in [-0.3, -0.25) is 9.59 Å². The third-order valence-electron chi connectivity index (χ3n) is 5.10. The van der Waals surface area contributed by atoms with Crippen molar-refractivity contribution < 1.29 is 40.3 Å². The average Bonchev–Trinajstić information content (AvgIpc) is 2.83. The van der Waals surface area contributed by atoms with Gasteiger partial charge >= 0.3 is 12.4 Å². The van der Waals surface area contributed by atoms with Crippen LogP contribution < -0.4 is 10.2 Å². The van der Waals surface area contributed by atoms with Gasteiger partial charge in [0, 0.05) is 29.9 Å². The van der Waals surface area contributed by atoms with Gasteiger partial charge in [0.2, 0.25) is 0 Å². The van der Waals surface area contributed by atoms with E-state index < -0.39 is 46.7 Å². The fourth-order valence-electron chi connectivity index (χ4n) is 3.33. The van der Waals surface area contributed by atoms with Crippen molar-refractivity contribution in [2.24, 2.45) is 0 Å². The van der Waals surface area contributed by atoms with E-state index in [0.29, 0.717) is 17.8 Å². The smallest absolute Gasteiger partial charge is 0.352 e. The minimum absolute atomic E-state index is 0.0525. The molecule has 0 radical (unpaired) electrons. The number of rotatable bonds is 7. The molecule has 36 heavy (non-hydrogen) atoms. The maximum Gasteiger partial charge on any atom is 0.416 e. The number of nitrogens with one attached hydrogen (secondary N) is 1. The topological polar surface area (TPSA) is 49.4 Å². The molecular weight excluding hydrogens is 493 g/mol. The maximum absolute atomic E-state index is 13.2. The van der Waals surface area contributed by atoms with E-state index in [1.807, 2.05) is 0 Å². The van der Waals surface area contributed by atoms with Crippen molar-refractivity contribution in [3.63, 3.8) is 0 Å². The van der Waals surface area contributed by atoms with Gasteiger partial charge in [0.15, 0.2) is 0 Å². The van der Waals surface area contributed by atoms with E-state index in [1.54, 1.807) is 30.3 Å². The number of alkyl halides is 6. The summed E-state index contributed by atoms with van der Waals surface area (Å²) in [6.07, 6.45) is -10.0. The molecule has 0 bridgehead atoms. The Hall–Kier alpha value is -3.89. The number of para-hydroxylation sites is 1. The van der Waals surface area contributed by atoms with Crippen LogP contribution in [0.1, 0.15) is 38.3 Å². The summed E-state index contributed by atoms with van der Waals surface area (Å²) in [6, 6.07) is 13.9. The van der Waals surface area contributed by atoms with Gasteiger partial charge in [-0.05, 0) is 61.0 Å². The SMILES string of the molecule is O=C(NCCCN(C(=O)c1ccc(F)cc1)c1ccccc1)c1cc(C(F)(F)F)cc(C(F)(F)F)c1. The number of anilines is 1. The second-order valence-electron chi connectivity index (χ2n) is 7.70. The van der Waals surface area contributed by atoms with E-state index in [4.69, 9.17) is 0 Å². The molecule has 190 valence electrons.